The van der Waals surface area contributed by atoms with Gasteiger partial charge in [0.15, 0.2) is 0 Å². The smallest absolute Gasteiger partial charge is 0.256 e. The Morgan fingerprint density at radius 2 is 1.86 bits per heavy atom. The first-order valence-electron chi connectivity index (χ1n) is 9.93. The van der Waals surface area contributed by atoms with Crippen LogP contribution in [0.25, 0.3) is 10.9 Å². The lowest BCUT2D eigenvalue weighted by Crippen LogP contribution is -2.51. The lowest BCUT2D eigenvalue weighted by Gasteiger charge is -2.33. The third kappa shape index (κ3) is 3.09. The quantitative estimate of drug-likeness (QED) is 0.354. The Kier molecular flexibility index (Phi) is 4.88. The lowest BCUT2D eigenvalue weighted by molar-refractivity contribution is -0.126. The Hall–Kier alpha value is -3.12. The molecule has 150 valence electrons. The average molecular weight is 390 g/mol. The minimum atomic E-state index is -0.655. The highest BCUT2D eigenvalue weighted by Crippen LogP contribution is 2.44. The highest BCUT2D eigenvalue weighted by atomic mass is 16.2. The van der Waals surface area contributed by atoms with Gasteiger partial charge in [0.2, 0.25) is 0 Å². The van der Waals surface area contributed by atoms with Gasteiger partial charge >= 0.3 is 0 Å². The number of carbonyl (C=O) groups excluding carboxylic acids is 2. The Morgan fingerprint density at radius 3 is 2.59 bits per heavy atom. The van der Waals surface area contributed by atoms with E-state index in [1.54, 1.807) is 4.90 Å². The molecule has 4 N–H and O–H groups in total. The zero-order valence-corrected chi connectivity index (χ0v) is 16.9. The van der Waals surface area contributed by atoms with Gasteiger partial charge in [-0.3, -0.25) is 15.0 Å². The summed E-state index contributed by atoms with van der Waals surface area (Å²) >= 11 is 0. The SMILES string of the molecule is Cc1[nH]c2ccccc2c1C1c2ccccc2C(=O)N1C(CC(C)C)C(=O)NN. The van der Waals surface area contributed by atoms with Crippen molar-refractivity contribution < 1.29 is 9.59 Å². The number of rotatable bonds is 5. The Morgan fingerprint density at radius 1 is 1.17 bits per heavy atom. The van der Waals surface area contributed by atoms with Crippen molar-refractivity contribution >= 4 is 22.7 Å². The summed E-state index contributed by atoms with van der Waals surface area (Å²) < 4.78 is 0. The molecule has 1 aliphatic rings. The van der Waals surface area contributed by atoms with E-state index in [0.29, 0.717) is 12.0 Å². The fourth-order valence-corrected chi connectivity index (χ4v) is 4.49. The highest BCUT2D eigenvalue weighted by Gasteiger charge is 2.45. The number of aromatic nitrogens is 1. The Bertz CT molecular complexity index is 1090. The number of fused-ring (bicyclic) bond motifs is 2. The number of nitrogens with zero attached hydrogens (tertiary/aromatic N) is 1. The van der Waals surface area contributed by atoms with E-state index in [1.807, 2.05) is 63.2 Å². The largest absolute Gasteiger partial charge is 0.358 e. The second-order valence-corrected chi connectivity index (χ2v) is 8.07. The van der Waals surface area contributed by atoms with Gasteiger partial charge in [0.05, 0.1) is 6.04 Å². The molecule has 2 aromatic carbocycles. The van der Waals surface area contributed by atoms with Crippen LogP contribution in [-0.2, 0) is 4.79 Å². The number of nitrogens with one attached hydrogen (secondary N) is 2. The Balaban J connectivity index is 1.95. The monoisotopic (exact) mass is 390 g/mol. The summed E-state index contributed by atoms with van der Waals surface area (Å²) in [5.74, 6) is 5.25. The molecule has 6 heteroatoms. The van der Waals surface area contributed by atoms with E-state index in [0.717, 1.165) is 27.7 Å². The summed E-state index contributed by atoms with van der Waals surface area (Å²) in [6.07, 6.45) is 0.528. The molecular formula is C23H26N4O2. The molecule has 2 heterocycles. The van der Waals surface area contributed by atoms with Gasteiger partial charge in [-0.15, -0.1) is 0 Å². The number of aryl methyl sites for hydroxylation is 1. The normalized spacial score (nSPS) is 17.1. The van der Waals surface area contributed by atoms with Crippen LogP contribution in [0, 0.1) is 12.8 Å². The minimum Gasteiger partial charge on any atom is -0.358 e. The first-order chi connectivity index (χ1) is 13.9. The van der Waals surface area contributed by atoms with Gasteiger partial charge in [-0.2, -0.15) is 0 Å². The average Bonchev–Trinajstić information content (AvgIpc) is 3.19. The minimum absolute atomic E-state index is 0.135. The van der Waals surface area contributed by atoms with Gasteiger partial charge in [-0.25, -0.2) is 5.84 Å². The van der Waals surface area contributed by atoms with E-state index in [4.69, 9.17) is 5.84 Å². The fraction of sp³-hybridized carbons (Fsp3) is 0.304. The molecule has 2 unspecified atom stereocenters. The second kappa shape index (κ2) is 7.37. The molecule has 2 amide bonds. The number of benzene rings is 2. The number of amides is 2. The van der Waals surface area contributed by atoms with Crippen molar-refractivity contribution in [1.82, 2.24) is 15.3 Å². The van der Waals surface area contributed by atoms with Crippen molar-refractivity contribution in [2.24, 2.45) is 11.8 Å². The van der Waals surface area contributed by atoms with Crippen LogP contribution >= 0.6 is 0 Å². The van der Waals surface area contributed by atoms with Crippen LogP contribution < -0.4 is 11.3 Å². The summed E-state index contributed by atoms with van der Waals surface area (Å²) in [5.41, 5.74) is 6.86. The van der Waals surface area contributed by atoms with Crippen molar-refractivity contribution in [3.63, 3.8) is 0 Å². The van der Waals surface area contributed by atoms with Gasteiger partial charge in [-0.05, 0) is 37.0 Å². The predicted octanol–water partition coefficient (Wildman–Crippen LogP) is 3.43. The van der Waals surface area contributed by atoms with Crippen LogP contribution in [0.3, 0.4) is 0 Å². The summed E-state index contributed by atoms with van der Waals surface area (Å²) in [4.78, 5) is 31.4. The molecule has 0 bridgehead atoms. The van der Waals surface area contributed by atoms with Gasteiger partial charge in [-0.1, -0.05) is 50.2 Å². The van der Waals surface area contributed by atoms with Crippen LogP contribution in [0.2, 0.25) is 0 Å². The number of aromatic amines is 1. The Labute approximate surface area is 170 Å². The van der Waals surface area contributed by atoms with Gasteiger partial charge in [0.25, 0.3) is 11.8 Å². The third-order valence-corrected chi connectivity index (χ3v) is 5.69. The molecule has 3 aromatic rings. The summed E-state index contributed by atoms with van der Waals surface area (Å²) in [6.45, 7) is 6.09. The van der Waals surface area contributed by atoms with Crippen molar-refractivity contribution in [2.75, 3.05) is 0 Å². The van der Waals surface area contributed by atoms with Crippen molar-refractivity contribution in [3.8, 4) is 0 Å². The van der Waals surface area contributed by atoms with E-state index >= 15 is 0 Å². The number of hydrogen-bond donors (Lipinski definition) is 3. The number of para-hydroxylation sites is 1. The molecule has 0 saturated carbocycles. The molecule has 1 aliphatic heterocycles. The first-order valence-corrected chi connectivity index (χ1v) is 9.93. The zero-order valence-electron chi connectivity index (χ0n) is 16.9. The number of hydrazine groups is 1. The summed E-state index contributed by atoms with van der Waals surface area (Å²) in [5, 5.41) is 1.06. The van der Waals surface area contributed by atoms with E-state index in [9.17, 15) is 9.59 Å². The molecule has 2 atom stereocenters. The number of nitrogens with two attached hydrogens (primary N) is 1. The molecule has 0 fully saturated rings. The van der Waals surface area contributed by atoms with Gasteiger partial charge < -0.3 is 9.88 Å². The van der Waals surface area contributed by atoms with E-state index in [1.165, 1.54) is 0 Å². The topological polar surface area (TPSA) is 91.2 Å². The van der Waals surface area contributed by atoms with E-state index < -0.39 is 6.04 Å². The van der Waals surface area contributed by atoms with Crippen LogP contribution in [-0.4, -0.2) is 27.7 Å². The van der Waals surface area contributed by atoms with Crippen molar-refractivity contribution in [1.29, 1.82) is 0 Å². The van der Waals surface area contributed by atoms with E-state index in [-0.39, 0.29) is 23.8 Å². The molecule has 0 radical (unpaired) electrons. The van der Waals surface area contributed by atoms with Crippen molar-refractivity contribution in [3.05, 3.63) is 70.9 Å². The number of carbonyl (C=O) groups is 2. The second-order valence-electron chi connectivity index (χ2n) is 8.07. The molecular weight excluding hydrogens is 364 g/mol. The van der Waals surface area contributed by atoms with Crippen LogP contribution in [0.15, 0.2) is 48.5 Å². The van der Waals surface area contributed by atoms with Crippen LogP contribution in [0.5, 0.6) is 0 Å². The summed E-state index contributed by atoms with van der Waals surface area (Å²) in [7, 11) is 0. The van der Waals surface area contributed by atoms with Crippen molar-refractivity contribution in [2.45, 2.75) is 39.3 Å². The van der Waals surface area contributed by atoms with Crippen LogP contribution in [0.1, 0.15) is 53.5 Å². The lowest BCUT2D eigenvalue weighted by atomic mass is 9.93. The maximum Gasteiger partial charge on any atom is 0.256 e. The van der Waals surface area contributed by atoms with Crippen LogP contribution in [0.4, 0.5) is 0 Å². The molecule has 0 aliphatic carbocycles. The van der Waals surface area contributed by atoms with Gasteiger partial charge in [0, 0.05) is 27.7 Å². The molecule has 4 rings (SSSR count). The first kappa shape index (κ1) is 19.2. The maximum absolute atomic E-state index is 13.5. The molecule has 0 saturated heterocycles. The standard InChI is InChI=1S/C23H26N4O2/c1-13(2)12-19(22(28)26-24)27-21(15-8-4-5-9-16(15)23(27)29)20-14(3)25-18-11-7-6-10-17(18)20/h4-11,13,19,21,25H,12,24H2,1-3H3,(H,26,28). The maximum atomic E-state index is 13.5. The van der Waals surface area contributed by atoms with Gasteiger partial charge in [0.1, 0.15) is 6.04 Å². The zero-order chi connectivity index (χ0) is 20.7. The number of hydrogen-bond acceptors (Lipinski definition) is 3. The highest BCUT2D eigenvalue weighted by molar-refractivity contribution is 6.03. The molecule has 6 nitrogen and oxygen atoms in total. The fourth-order valence-electron chi connectivity index (χ4n) is 4.49. The number of H-pyrrole nitrogens is 1. The molecule has 1 aromatic heterocycles. The predicted molar refractivity (Wildman–Crippen MR) is 113 cm³/mol. The van der Waals surface area contributed by atoms with E-state index in [2.05, 4.69) is 16.5 Å². The molecule has 29 heavy (non-hydrogen) atoms. The molecule has 0 spiro atoms. The summed E-state index contributed by atoms with van der Waals surface area (Å²) in [6, 6.07) is 14.7. The third-order valence-electron chi connectivity index (χ3n) is 5.69.